The summed E-state index contributed by atoms with van der Waals surface area (Å²) < 4.78 is 31.4. The van der Waals surface area contributed by atoms with E-state index in [4.69, 9.17) is 4.74 Å². The standard InChI is InChI=1S/C26H37N3O5S/c1-6-20(2)27-26(31)21(3)28(19-22-12-8-7-9-13-22)25(30)16-11-17-29(35(5,32)33)23-14-10-15-24(18-23)34-4/h7-10,12-15,18,20-21H,6,11,16-17,19H2,1-5H3,(H,27,31)/t20-,21+/m0/s1. The molecule has 2 aromatic carbocycles. The highest BCUT2D eigenvalue weighted by molar-refractivity contribution is 7.92. The van der Waals surface area contributed by atoms with Crippen molar-refractivity contribution in [1.82, 2.24) is 10.2 Å². The summed E-state index contributed by atoms with van der Waals surface area (Å²) in [5, 5.41) is 2.94. The van der Waals surface area contributed by atoms with E-state index in [1.807, 2.05) is 44.2 Å². The first-order chi connectivity index (χ1) is 16.6. The number of hydrogen-bond donors (Lipinski definition) is 1. The van der Waals surface area contributed by atoms with E-state index in [2.05, 4.69) is 5.32 Å². The van der Waals surface area contributed by atoms with Crippen LogP contribution >= 0.6 is 0 Å². The fourth-order valence-corrected chi connectivity index (χ4v) is 4.56. The van der Waals surface area contributed by atoms with Gasteiger partial charge < -0.3 is 15.0 Å². The van der Waals surface area contributed by atoms with Crippen LogP contribution < -0.4 is 14.4 Å². The van der Waals surface area contributed by atoms with E-state index in [9.17, 15) is 18.0 Å². The maximum absolute atomic E-state index is 13.3. The highest BCUT2D eigenvalue weighted by atomic mass is 32.2. The second-order valence-corrected chi connectivity index (χ2v) is 10.5. The van der Waals surface area contributed by atoms with Crippen molar-refractivity contribution in [3.05, 3.63) is 60.2 Å². The molecule has 35 heavy (non-hydrogen) atoms. The Morgan fingerprint density at radius 2 is 1.74 bits per heavy atom. The van der Waals surface area contributed by atoms with Crippen LogP contribution in [0.15, 0.2) is 54.6 Å². The van der Waals surface area contributed by atoms with Crippen molar-refractivity contribution < 1.29 is 22.7 Å². The molecule has 0 bridgehead atoms. The number of hydrogen-bond acceptors (Lipinski definition) is 5. The van der Waals surface area contributed by atoms with E-state index in [0.29, 0.717) is 24.4 Å². The summed E-state index contributed by atoms with van der Waals surface area (Å²) in [7, 11) is -2.05. The zero-order valence-electron chi connectivity index (χ0n) is 21.2. The number of ether oxygens (including phenoxy) is 1. The lowest BCUT2D eigenvalue weighted by Crippen LogP contribution is -2.49. The van der Waals surface area contributed by atoms with Crippen molar-refractivity contribution in [2.24, 2.45) is 0 Å². The first-order valence-corrected chi connectivity index (χ1v) is 13.7. The van der Waals surface area contributed by atoms with Crippen molar-refractivity contribution in [1.29, 1.82) is 0 Å². The molecule has 0 aliphatic rings. The number of anilines is 1. The molecule has 0 radical (unpaired) electrons. The largest absolute Gasteiger partial charge is 0.497 e. The molecule has 0 aromatic heterocycles. The van der Waals surface area contributed by atoms with Crippen LogP contribution in [0.25, 0.3) is 0 Å². The van der Waals surface area contributed by atoms with Crippen molar-refractivity contribution in [3.63, 3.8) is 0 Å². The molecule has 192 valence electrons. The van der Waals surface area contributed by atoms with E-state index in [0.717, 1.165) is 18.2 Å². The Kier molecular flexibility index (Phi) is 10.6. The molecular weight excluding hydrogens is 466 g/mol. The predicted octanol–water partition coefficient (Wildman–Crippen LogP) is 3.57. The molecule has 0 unspecified atom stereocenters. The summed E-state index contributed by atoms with van der Waals surface area (Å²) in [4.78, 5) is 27.6. The quantitative estimate of drug-likeness (QED) is 0.451. The predicted molar refractivity (Wildman–Crippen MR) is 139 cm³/mol. The van der Waals surface area contributed by atoms with Gasteiger partial charge in [0, 0.05) is 31.6 Å². The van der Waals surface area contributed by atoms with Gasteiger partial charge in [-0.25, -0.2) is 8.42 Å². The summed E-state index contributed by atoms with van der Waals surface area (Å²) >= 11 is 0. The summed E-state index contributed by atoms with van der Waals surface area (Å²) in [6, 6.07) is 15.6. The van der Waals surface area contributed by atoms with Gasteiger partial charge in [0.1, 0.15) is 11.8 Å². The minimum absolute atomic E-state index is 0.00445. The van der Waals surface area contributed by atoms with Crippen LogP contribution in [0.1, 0.15) is 45.6 Å². The summed E-state index contributed by atoms with van der Waals surface area (Å²) in [5.74, 6) is 0.125. The first kappa shape index (κ1) is 28.2. The number of nitrogens with zero attached hydrogens (tertiary/aromatic N) is 2. The van der Waals surface area contributed by atoms with Crippen LogP contribution in [-0.4, -0.2) is 57.1 Å². The number of sulfonamides is 1. The number of benzene rings is 2. The Morgan fingerprint density at radius 1 is 1.06 bits per heavy atom. The van der Waals surface area contributed by atoms with Gasteiger partial charge in [-0.15, -0.1) is 0 Å². The molecular formula is C26H37N3O5S. The molecule has 2 atom stereocenters. The molecule has 2 amide bonds. The zero-order chi connectivity index (χ0) is 26.0. The molecule has 0 fully saturated rings. The van der Waals surface area contributed by atoms with Gasteiger partial charge in [-0.05, 0) is 44.4 Å². The van der Waals surface area contributed by atoms with E-state index >= 15 is 0 Å². The molecule has 0 spiro atoms. The molecule has 2 rings (SSSR count). The lowest BCUT2D eigenvalue weighted by molar-refractivity contribution is -0.140. The number of amides is 2. The zero-order valence-corrected chi connectivity index (χ0v) is 22.0. The van der Waals surface area contributed by atoms with Crippen molar-refractivity contribution in [2.75, 3.05) is 24.2 Å². The second kappa shape index (κ2) is 13.1. The second-order valence-electron chi connectivity index (χ2n) is 8.64. The number of carbonyl (C=O) groups is 2. The van der Waals surface area contributed by atoms with E-state index in [-0.39, 0.29) is 30.8 Å². The summed E-state index contributed by atoms with van der Waals surface area (Å²) in [5.41, 5.74) is 1.39. The molecule has 0 heterocycles. The van der Waals surface area contributed by atoms with E-state index in [1.54, 1.807) is 36.1 Å². The topological polar surface area (TPSA) is 96.0 Å². The average Bonchev–Trinajstić information content (AvgIpc) is 2.84. The average molecular weight is 504 g/mol. The van der Waals surface area contributed by atoms with Gasteiger partial charge in [0.05, 0.1) is 19.1 Å². The molecule has 8 nitrogen and oxygen atoms in total. The molecule has 0 aliphatic heterocycles. The van der Waals surface area contributed by atoms with Crippen LogP contribution in [-0.2, 0) is 26.2 Å². The summed E-state index contributed by atoms with van der Waals surface area (Å²) in [6.45, 7) is 6.05. The summed E-state index contributed by atoms with van der Waals surface area (Å²) in [6.07, 6.45) is 2.33. The minimum Gasteiger partial charge on any atom is -0.497 e. The van der Waals surface area contributed by atoms with Crippen LogP contribution in [0.2, 0.25) is 0 Å². The smallest absolute Gasteiger partial charge is 0.242 e. The highest BCUT2D eigenvalue weighted by Crippen LogP contribution is 2.24. The maximum atomic E-state index is 13.3. The normalized spacial score (nSPS) is 12.9. The van der Waals surface area contributed by atoms with Crippen LogP contribution in [0.4, 0.5) is 5.69 Å². The Bertz CT molecular complexity index is 1080. The van der Waals surface area contributed by atoms with E-state index < -0.39 is 16.1 Å². The maximum Gasteiger partial charge on any atom is 0.242 e. The monoisotopic (exact) mass is 503 g/mol. The van der Waals surface area contributed by atoms with Gasteiger partial charge in [-0.3, -0.25) is 13.9 Å². The van der Waals surface area contributed by atoms with Crippen molar-refractivity contribution in [3.8, 4) is 5.75 Å². The van der Waals surface area contributed by atoms with Gasteiger partial charge >= 0.3 is 0 Å². The lowest BCUT2D eigenvalue weighted by Gasteiger charge is -2.30. The fraction of sp³-hybridized carbons (Fsp3) is 0.462. The van der Waals surface area contributed by atoms with Crippen LogP contribution in [0.5, 0.6) is 5.75 Å². The Labute approximate surface area is 209 Å². The first-order valence-electron chi connectivity index (χ1n) is 11.8. The Hall–Kier alpha value is -3.07. The fourth-order valence-electron chi connectivity index (χ4n) is 3.60. The molecule has 2 aromatic rings. The third-order valence-corrected chi connectivity index (χ3v) is 7.05. The molecule has 1 N–H and O–H groups in total. The van der Waals surface area contributed by atoms with Crippen LogP contribution in [0.3, 0.4) is 0 Å². The molecule has 0 saturated carbocycles. The number of carbonyl (C=O) groups excluding carboxylic acids is 2. The lowest BCUT2D eigenvalue weighted by atomic mass is 10.1. The van der Waals surface area contributed by atoms with Gasteiger partial charge in [0.15, 0.2) is 0 Å². The van der Waals surface area contributed by atoms with E-state index in [1.165, 1.54) is 11.4 Å². The molecule has 9 heteroatoms. The van der Waals surface area contributed by atoms with Crippen LogP contribution in [0, 0.1) is 0 Å². The third kappa shape index (κ3) is 8.58. The van der Waals surface area contributed by atoms with Gasteiger partial charge in [-0.2, -0.15) is 0 Å². The van der Waals surface area contributed by atoms with Crippen molar-refractivity contribution in [2.45, 2.75) is 58.7 Å². The Morgan fingerprint density at radius 3 is 2.34 bits per heavy atom. The SMILES string of the molecule is CC[C@H](C)NC(=O)[C@@H](C)N(Cc1ccccc1)C(=O)CCCN(c1cccc(OC)c1)S(C)(=O)=O. The van der Waals surface area contributed by atoms with Crippen molar-refractivity contribution >= 4 is 27.5 Å². The minimum atomic E-state index is -3.57. The highest BCUT2D eigenvalue weighted by Gasteiger charge is 2.27. The van der Waals surface area contributed by atoms with Gasteiger partial charge in [0.2, 0.25) is 21.8 Å². The number of rotatable bonds is 13. The molecule has 0 saturated heterocycles. The number of methoxy groups -OCH3 is 1. The third-order valence-electron chi connectivity index (χ3n) is 5.86. The van der Waals surface area contributed by atoms with Gasteiger partial charge in [-0.1, -0.05) is 43.3 Å². The molecule has 0 aliphatic carbocycles. The number of nitrogens with one attached hydrogen (secondary N) is 1. The van der Waals surface area contributed by atoms with Gasteiger partial charge in [0.25, 0.3) is 0 Å². The Balaban J connectivity index is 2.15.